The first-order valence-corrected chi connectivity index (χ1v) is 10.1. The maximum absolute atomic E-state index is 13.5. The molecule has 2 aromatic carbocycles. The fraction of sp³-hybridized carbons (Fsp3) is 0.364. The molecule has 0 aliphatic carbocycles. The summed E-state index contributed by atoms with van der Waals surface area (Å²) in [5, 5.41) is 11.4. The maximum Gasteiger partial charge on any atom is 0.270 e. The molecule has 1 aromatic heterocycles. The number of non-ortho nitro benzene ring substituents is 1. The minimum atomic E-state index is -0.502. The molecule has 1 saturated heterocycles. The molecule has 30 heavy (non-hydrogen) atoms. The van der Waals surface area contributed by atoms with Gasteiger partial charge < -0.3 is 4.74 Å². The maximum atomic E-state index is 13.5. The first kappa shape index (κ1) is 20.0. The zero-order chi connectivity index (χ0) is 21.3. The Morgan fingerprint density at radius 2 is 2.07 bits per heavy atom. The number of piperidine rings is 1. The molecule has 8 nitrogen and oxygen atoms in total. The van der Waals surface area contributed by atoms with Crippen LogP contribution in [0.2, 0.25) is 0 Å². The molecule has 0 radical (unpaired) electrons. The van der Waals surface area contributed by atoms with Crippen molar-refractivity contribution in [1.82, 2.24) is 14.5 Å². The molecule has 8 heteroatoms. The van der Waals surface area contributed by atoms with Crippen molar-refractivity contribution in [2.45, 2.75) is 38.8 Å². The summed E-state index contributed by atoms with van der Waals surface area (Å²) in [6.07, 6.45) is 3.44. The number of methoxy groups -OCH3 is 1. The molecule has 0 amide bonds. The number of aromatic nitrogens is 2. The largest absolute Gasteiger partial charge is 0.497 e. The van der Waals surface area contributed by atoms with E-state index in [2.05, 4.69) is 11.8 Å². The Bertz CT molecular complexity index is 1160. The third-order valence-electron chi connectivity index (χ3n) is 5.73. The van der Waals surface area contributed by atoms with Gasteiger partial charge in [0.1, 0.15) is 11.6 Å². The highest BCUT2D eigenvalue weighted by molar-refractivity contribution is 5.80. The number of hydrogen-bond donors (Lipinski definition) is 0. The monoisotopic (exact) mass is 408 g/mol. The summed E-state index contributed by atoms with van der Waals surface area (Å²) in [6, 6.07) is 11.8. The van der Waals surface area contributed by atoms with Crippen molar-refractivity contribution >= 4 is 16.6 Å². The first-order chi connectivity index (χ1) is 14.5. The van der Waals surface area contributed by atoms with Gasteiger partial charge in [-0.15, -0.1) is 0 Å². The van der Waals surface area contributed by atoms with Crippen molar-refractivity contribution in [2.24, 2.45) is 0 Å². The van der Waals surface area contributed by atoms with E-state index in [-0.39, 0.29) is 16.6 Å². The summed E-state index contributed by atoms with van der Waals surface area (Å²) in [6.45, 7) is 3.67. The third-order valence-corrected chi connectivity index (χ3v) is 5.73. The Kier molecular flexibility index (Phi) is 5.50. The lowest BCUT2D eigenvalue weighted by Crippen LogP contribution is -2.39. The van der Waals surface area contributed by atoms with Crippen molar-refractivity contribution in [3.63, 3.8) is 0 Å². The van der Waals surface area contributed by atoms with Crippen molar-refractivity contribution < 1.29 is 9.66 Å². The molecule has 0 saturated carbocycles. The van der Waals surface area contributed by atoms with Crippen molar-refractivity contribution in [3.05, 3.63) is 68.8 Å². The lowest BCUT2D eigenvalue weighted by Gasteiger charge is -2.33. The van der Waals surface area contributed by atoms with E-state index in [0.29, 0.717) is 35.4 Å². The van der Waals surface area contributed by atoms with Crippen molar-refractivity contribution in [1.29, 1.82) is 0 Å². The van der Waals surface area contributed by atoms with E-state index in [1.165, 1.54) is 18.6 Å². The van der Waals surface area contributed by atoms with Crippen LogP contribution in [0.25, 0.3) is 16.6 Å². The highest BCUT2D eigenvalue weighted by atomic mass is 16.6. The van der Waals surface area contributed by atoms with Gasteiger partial charge in [-0.1, -0.05) is 12.5 Å². The van der Waals surface area contributed by atoms with E-state index in [1.54, 1.807) is 29.9 Å². The highest BCUT2D eigenvalue weighted by Crippen LogP contribution is 2.23. The van der Waals surface area contributed by atoms with Gasteiger partial charge in [0.25, 0.3) is 11.2 Å². The molecule has 1 aliphatic heterocycles. The Morgan fingerprint density at radius 1 is 1.23 bits per heavy atom. The van der Waals surface area contributed by atoms with Crippen LogP contribution in [0.15, 0.2) is 47.3 Å². The van der Waals surface area contributed by atoms with Crippen LogP contribution < -0.4 is 10.3 Å². The lowest BCUT2D eigenvalue weighted by atomic mass is 10.0. The fourth-order valence-corrected chi connectivity index (χ4v) is 4.03. The van der Waals surface area contributed by atoms with Gasteiger partial charge in [0.15, 0.2) is 0 Å². The molecular weight excluding hydrogens is 384 g/mol. The number of benzene rings is 2. The lowest BCUT2D eigenvalue weighted by molar-refractivity contribution is -0.384. The number of likely N-dealkylation sites (tertiary alicyclic amines) is 1. The zero-order valence-corrected chi connectivity index (χ0v) is 17.1. The topological polar surface area (TPSA) is 90.5 Å². The smallest absolute Gasteiger partial charge is 0.270 e. The predicted molar refractivity (Wildman–Crippen MR) is 114 cm³/mol. The average Bonchev–Trinajstić information content (AvgIpc) is 2.75. The normalized spacial score (nSPS) is 17.2. The highest BCUT2D eigenvalue weighted by Gasteiger charge is 2.22. The Balaban J connectivity index is 1.92. The van der Waals surface area contributed by atoms with Crippen LogP contribution in [-0.2, 0) is 6.54 Å². The summed E-state index contributed by atoms with van der Waals surface area (Å²) < 4.78 is 6.88. The van der Waals surface area contributed by atoms with Crippen LogP contribution in [0.1, 0.15) is 32.0 Å². The van der Waals surface area contributed by atoms with Crippen LogP contribution in [0.5, 0.6) is 5.75 Å². The van der Waals surface area contributed by atoms with E-state index in [0.717, 1.165) is 19.4 Å². The average molecular weight is 408 g/mol. The quantitative estimate of drug-likeness (QED) is 0.473. The van der Waals surface area contributed by atoms with Crippen molar-refractivity contribution in [2.75, 3.05) is 13.7 Å². The Hall–Kier alpha value is -3.26. The van der Waals surface area contributed by atoms with Gasteiger partial charge in [-0.05, 0) is 44.5 Å². The van der Waals surface area contributed by atoms with Gasteiger partial charge in [-0.2, -0.15) is 0 Å². The van der Waals surface area contributed by atoms with Gasteiger partial charge in [-0.3, -0.25) is 24.4 Å². The molecule has 1 atom stereocenters. The first-order valence-electron chi connectivity index (χ1n) is 10.1. The van der Waals surface area contributed by atoms with E-state index in [4.69, 9.17) is 9.72 Å². The van der Waals surface area contributed by atoms with Crippen molar-refractivity contribution in [3.8, 4) is 11.4 Å². The van der Waals surface area contributed by atoms with Crippen LogP contribution >= 0.6 is 0 Å². The Labute approximate surface area is 173 Å². The van der Waals surface area contributed by atoms with Gasteiger partial charge in [0.05, 0.1) is 35.2 Å². The van der Waals surface area contributed by atoms with Gasteiger partial charge in [0.2, 0.25) is 0 Å². The second-order valence-electron chi connectivity index (χ2n) is 7.64. The number of rotatable bonds is 5. The molecule has 0 N–H and O–H groups in total. The minimum absolute atomic E-state index is 0.129. The standard InChI is InChI=1S/C22H24N4O4/c1-15-6-3-4-11-24(15)14-21-23-20-10-9-17(26(28)29)13-19(20)22(27)25(21)16-7-5-8-18(12-16)30-2/h5,7-10,12-13,15H,3-4,6,11,14H2,1-2H3. The Morgan fingerprint density at radius 3 is 2.80 bits per heavy atom. The van der Waals surface area contributed by atoms with E-state index in [9.17, 15) is 14.9 Å². The van der Waals surface area contributed by atoms with E-state index >= 15 is 0 Å². The molecule has 4 rings (SSSR count). The molecule has 0 spiro atoms. The summed E-state index contributed by atoms with van der Waals surface area (Å²) in [7, 11) is 1.57. The van der Waals surface area contributed by atoms with E-state index < -0.39 is 4.92 Å². The summed E-state index contributed by atoms with van der Waals surface area (Å²) >= 11 is 0. The molecule has 156 valence electrons. The number of nitro groups is 1. The molecule has 1 unspecified atom stereocenters. The second-order valence-corrected chi connectivity index (χ2v) is 7.64. The molecule has 3 aromatic rings. The predicted octanol–water partition coefficient (Wildman–Crippen LogP) is 3.68. The fourth-order valence-electron chi connectivity index (χ4n) is 4.03. The van der Waals surface area contributed by atoms with Gasteiger partial charge >= 0.3 is 0 Å². The molecule has 1 fully saturated rings. The minimum Gasteiger partial charge on any atom is -0.497 e. The van der Waals surface area contributed by atoms with Gasteiger partial charge in [-0.25, -0.2) is 4.98 Å². The van der Waals surface area contributed by atoms with Crippen LogP contribution in [-0.4, -0.2) is 39.1 Å². The molecular formula is C22H24N4O4. The van der Waals surface area contributed by atoms with Crippen LogP contribution in [0, 0.1) is 10.1 Å². The van der Waals surface area contributed by atoms with Crippen LogP contribution in [0.4, 0.5) is 5.69 Å². The summed E-state index contributed by atoms with van der Waals surface area (Å²) in [4.78, 5) is 31.3. The second kappa shape index (κ2) is 8.23. The third kappa shape index (κ3) is 3.78. The summed E-state index contributed by atoms with van der Waals surface area (Å²) in [5.41, 5.74) is 0.636. The van der Waals surface area contributed by atoms with E-state index in [1.807, 2.05) is 12.1 Å². The molecule has 2 heterocycles. The van der Waals surface area contributed by atoms with Crippen LogP contribution in [0.3, 0.4) is 0 Å². The number of hydrogen-bond acceptors (Lipinski definition) is 6. The summed E-state index contributed by atoms with van der Waals surface area (Å²) in [5.74, 6) is 1.24. The number of nitrogens with zero attached hydrogens (tertiary/aromatic N) is 4. The molecule has 1 aliphatic rings. The molecule has 0 bridgehead atoms. The number of fused-ring (bicyclic) bond motifs is 1. The zero-order valence-electron chi connectivity index (χ0n) is 17.1. The SMILES string of the molecule is COc1cccc(-n2c(CN3CCCCC3C)nc3ccc([N+](=O)[O-])cc3c2=O)c1. The number of nitro benzene ring substituents is 1. The van der Waals surface area contributed by atoms with Gasteiger partial charge in [0, 0.05) is 24.2 Å². The number of ether oxygens (including phenoxy) is 1.